The van der Waals surface area contributed by atoms with Crippen molar-refractivity contribution in [2.24, 2.45) is 12.0 Å². The van der Waals surface area contributed by atoms with Gasteiger partial charge >= 0.3 is 0 Å². The SMILES string of the molecule is CCNC(=NCCCCCOC)N(C)Cc1cc(Br)cn1C. The van der Waals surface area contributed by atoms with Gasteiger partial charge in [0.1, 0.15) is 0 Å². The average molecular weight is 373 g/mol. The minimum absolute atomic E-state index is 0.831. The molecule has 5 nitrogen and oxygen atoms in total. The molecule has 0 radical (unpaired) electrons. The molecule has 0 atom stereocenters. The molecule has 0 spiro atoms. The summed E-state index contributed by atoms with van der Waals surface area (Å²) in [5.74, 6) is 0.964. The van der Waals surface area contributed by atoms with Crippen LogP contribution in [0.1, 0.15) is 31.9 Å². The molecule has 126 valence electrons. The second-order valence-corrected chi connectivity index (χ2v) is 6.32. The van der Waals surface area contributed by atoms with Crippen molar-refractivity contribution in [2.45, 2.75) is 32.7 Å². The average Bonchev–Trinajstić information content (AvgIpc) is 2.79. The molecule has 1 heterocycles. The molecule has 0 aliphatic heterocycles. The van der Waals surface area contributed by atoms with Gasteiger partial charge in [-0.1, -0.05) is 0 Å². The molecule has 1 rings (SSSR count). The van der Waals surface area contributed by atoms with Crippen molar-refractivity contribution in [2.75, 3.05) is 33.9 Å². The standard InChI is InChI=1S/C16H29BrN4O/c1-5-18-16(19-9-7-6-8-10-22-4)21(3)13-15-11-14(17)12-20(15)2/h11-12H,5-10,13H2,1-4H3,(H,18,19). The Bertz CT molecular complexity index is 459. The van der Waals surface area contributed by atoms with Gasteiger partial charge < -0.3 is 19.5 Å². The van der Waals surface area contributed by atoms with E-state index < -0.39 is 0 Å². The highest BCUT2D eigenvalue weighted by molar-refractivity contribution is 9.10. The van der Waals surface area contributed by atoms with Crippen molar-refractivity contribution < 1.29 is 4.74 Å². The summed E-state index contributed by atoms with van der Waals surface area (Å²) < 4.78 is 8.31. The van der Waals surface area contributed by atoms with E-state index in [4.69, 9.17) is 9.73 Å². The molecule has 0 aliphatic carbocycles. The van der Waals surface area contributed by atoms with Crippen LogP contribution in [0.3, 0.4) is 0 Å². The number of unbranched alkanes of at least 4 members (excludes halogenated alkanes) is 2. The monoisotopic (exact) mass is 372 g/mol. The summed E-state index contributed by atoms with van der Waals surface area (Å²) in [6.45, 7) is 5.50. The van der Waals surface area contributed by atoms with E-state index >= 15 is 0 Å². The van der Waals surface area contributed by atoms with Gasteiger partial charge in [-0.25, -0.2) is 0 Å². The van der Waals surface area contributed by atoms with E-state index in [1.165, 1.54) is 5.69 Å². The van der Waals surface area contributed by atoms with Crippen LogP contribution in [-0.4, -0.2) is 49.3 Å². The molecule has 0 unspecified atom stereocenters. The number of aromatic nitrogens is 1. The zero-order valence-electron chi connectivity index (χ0n) is 14.2. The van der Waals surface area contributed by atoms with E-state index in [9.17, 15) is 0 Å². The van der Waals surface area contributed by atoms with E-state index in [0.717, 1.165) is 55.9 Å². The highest BCUT2D eigenvalue weighted by atomic mass is 79.9. The first-order valence-electron chi connectivity index (χ1n) is 7.87. The van der Waals surface area contributed by atoms with E-state index in [-0.39, 0.29) is 0 Å². The molecule has 0 amide bonds. The van der Waals surface area contributed by atoms with Crippen LogP contribution in [-0.2, 0) is 18.3 Å². The number of nitrogens with zero attached hydrogens (tertiary/aromatic N) is 3. The van der Waals surface area contributed by atoms with Gasteiger partial charge in [-0.3, -0.25) is 4.99 Å². The second-order valence-electron chi connectivity index (χ2n) is 5.41. The fraction of sp³-hybridized carbons (Fsp3) is 0.688. The molecule has 0 saturated heterocycles. The Kier molecular flexibility index (Phi) is 9.24. The lowest BCUT2D eigenvalue weighted by atomic mass is 10.2. The first-order chi connectivity index (χ1) is 10.6. The minimum atomic E-state index is 0.831. The molecule has 0 fully saturated rings. The summed E-state index contributed by atoms with van der Waals surface area (Å²) in [6, 6.07) is 2.14. The van der Waals surface area contributed by atoms with Gasteiger partial charge in [0.2, 0.25) is 0 Å². The smallest absolute Gasteiger partial charge is 0.194 e. The van der Waals surface area contributed by atoms with E-state index in [1.807, 2.05) is 0 Å². The zero-order chi connectivity index (χ0) is 16.4. The van der Waals surface area contributed by atoms with Gasteiger partial charge in [0.25, 0.3) is 0 Å². The maximum atomic E-state index is 5.06. The van der Waals surface area contributed by atoms with Gasteiger partial charge in [-0.15, -0.1) is 0 Å². The first kappa shape index (κ1) is 19.0. The molecular formula is C16H29BrN4O. The Morgan fingerprint density at radius 2 is 2.18 bits per heavy atom. The molecule has 1 N–H and O–H groups in total. The fourth-order valence-electron chi connectivity index (χ4n) is 2.23. The van der Waals surface area contributed by atoms with E-state index in [0.29, 0.717) is 0 Å². The molecule has 22 heavy (non-hydrogen) atoms. The third kappa shape index (κ3) is 6.83. The lowest BCUT2D eigenvalue weighted by molar-refractivity contribution is 0.192. The molecule has 0 aromatic carbocycles. The Hall–Kier alpha value is -1.01. The third-order valence-corrected chi connectivity index (χ3v) is 3.87. The molecular weight excluding hydrogens is 344 g/mol. The van der Waals surface area contributed by atoms with Gasteiger partial charge in [0.05, 0.1) is 6.54 Å². The predicted molar refractivity (Wildman–Crippen MR) is 96.3 cm³/mol. The summed E-state index contributed by atoms with van der Waals surface area (Å²) in [6.07, 6.45) is 5.44. The number of rotatable bonds is 9. The first-order valence-corrected chi connectivity index (χ1v) is 8.67. The molecule has 1 aromatic rings. The quantitative estimate of drug-likeness (QED) is 0.411. The number of hydrogen-bond donors (Lipinski definition) is 1. The van der Waals surface area contributed by atoms with Crippen LogP contribution in [0.15, 0.2) is 21.7 Å². The van der Waals surface area contributed by atoms with Crippen LogP contribution < -0.4 is 5.32 Å². The molecule has 0 bridgehead atoms. The number of guanidine groups is 1. The summed E-state index contributed by atoms with van der Waals surface area (Å²) in [5, 5.41) is 3.36. The lowest BCUT2D eigenvalue weighted by Gasteiger charge is -2.22. The maximum absolute atomic E-state index is 5.06. The van der Waals surface area contributed by atoms with Crippen LogP contribution in [0, 0.1) is 0 Å². The summed E-state index contributed by atoms with van der Waals surface area (Å²) in [7, 11) is 5.89. The number of halogens is 1. The van der Waals surface area contributed by atoms with Crippen molar-refractivity contribution in [1.29, 1.82) is 0 Å². The number of aryl methyl sites for hydroxylation is 1. The number of methoxy groups -OCH3 is 1. The van der Waals surface area contributed by atoms with Crippen molar-refractivity contribution >= 4 is 21.9 Å². The lowest BCUT2D eigenvalue weighted by Crippen LogP contribution is -2.38. The zero-order valence-corrected chi connectivity index (χ0v) is 15.8. The Morgan fingerprint density at radius 1 is 1.41 bits per heavy atom. The van der Waals surface area contributed by atoms with Crippen molar-refractivity contribution in [3.8, 4) is 0 Å². The van der Waals surface area contributed by atoms with E-state index in [2.05, 4.69) is 64.0 Å². The number of aliphatic imine (C=N–C) groups is 1. The van der Waals surface area contributed by atoms with Crippen LogP contribution >= 0.6 is 15.9 Å². The Labute approximate surface area is 142 Å². The highest BCUT2D eigenvalue weighted by Crippen LogP contribution is 2.15. The molecule has 1 aromatic heterocycles. The Balaban J connectivity index is 2.51. The normalized spacial score (nSPS) is 11.8. The maximum Gasteiger partial charge on any atom is 0.194 e. The Morgan fingerprint density at radius 3 is 2.77 bits per heavy atom. The van der Waals surface area contributed by atoms with Crippen molar-refractivity contribution in [3.63, 3.8) is 0 Å². The summed E-state index contributed by atoms with van der Waals surface area (Å²) in [4.78, 5) is 6.88. The topological polar surface area (TPSA) is 41.8 Å². The molecule has 0 saturated carbocycles. The summed E-state index contributed by atoms with van der Waals surface area (Å²) >= 11 is 3.52. The third-order valence-electron chi connectivity index (χ3n) is 3.44. The fourth-order valence-corrected chi connectivity index (χ4v) is 2.80. The van der Waals surface area contributed by atoms with Gasteiger partial charge in [0.15, 0.2) is 5.96 Å². The number of hydrogen-bond acceptors (Lipinski definition) is 2. The predicted octanol–water partition coefficient (Wildman–Crippen LogP) is 3.00. The largest absolute Gasteiger partial charge is 0.385 e. The second kappa shape index (κ2) is 10.7. The van der Waals surface area contributed by atoms with Crippen LogP contribution in [0.25, 0.3) is 0 Å². The summed E-state index contributed by atoms with van der Waals surface area (Å²) in [5.41, 5.74) is 1.25. The van der Waals surface area contributed by atoms with Gasteiger partial charge in [-0.05, 0) is 48.2 Å². The number of ether oxygens (including phenoxy) is 1. The van der Waals surface area contributed by atoms with Crippen LogP contribution in [0.5, 0.6) is 0 Å². The van der Waals surface area contributed by atoms with Gasteiger partial charge in [0, 0.05) is 57.3 Å². The van der Waals surface area contributed by atoms with Gasteiger partial charge in [-0.2, -0.15) is 0 Å². The van der Waals surface area contributed by atoms with Crippen LogP contribution in [0.4, 0.5) is 0 Å². The molecule has 0 aliphatic rings. The minimum Gasteiger partial charge on any atom is -0.385 e. The van der Waals surface area contributed by atoms with Crippen molar-refractivity contribution in [3.05, 3.63) is 22.4 Å². The number of nitrogens with one attached hydrogen (secondary N) is 1. The van der Waals surface area contributed by atoms with E-state index in [1.54, 1.807) is 7.11 Å². The van der Waals surface area contributed by atoms with Crippen LogP contribution in [0.2, 0.25) is 0 Å². The highest BCUT2D eigenvalue weighted by Gasteiger charge is 2.09. The molecule has 6 heteroatoms. The van der Waals surface area contributed by atoms with Crippen molar-refractivity contribution in [1.82, 2.24) is 14.8 Å².